The quantitative estimate of drug-likeness (QED) is 0.482. The van der Waals surface area contributed by atoms with E-state index in [0.29, 0.717) is 0 Å². The monoisotopic (exact) mass is 127 g/mol. The lowest BCUT2D eigenvalue weighted by molar-refractivity contribution is 0.583. The van der Waals surface area contributed by atoms with Gasteiger partial charge >= 0.3 is 0 Å². The first-order chi connectivity index (χ1) is 3.91. The van der Waals surface area contributed by atoms with Gasteiger partial charge in [-0.05, 0) is 19.3 Å². The first kappa shape index (κ1) is 5.16. The first-order valence-corrected chi connectivity index (χ1v) is 4.29. The van der Waals surface area contributed by atoms with E-state index in [1.165, 1.54) is 32.1 Å². The lowest BCUT2D eigenvalue weighted by Crippen LogP contribution is -2.27. The Labute approximate surface area is 55.0 Å². The second kappa shape index (κ2) is 1.66. The van der Waals surface area contributed by atoms with Crippen molar-refractivity contribution >= 4 is 11.8 Å². The highest BCUT2D eigenvalue weighted by Crippen LogP contribution is 2.54. The molecule has 1 heterocycles. The SMILES string of the molecule is [CH]1CC2(CCCC2)S1. The summed E-state index contributed by atoms with van der Waals surface area (Å²) in [5.41, 5.74) is 0. The van der Waals surface area contributed by atoms with Crippen LogP contribution in [0.15, 0.2) is 0 Å². The minimum absolute atomic E-state index is 0.778. The molecule has 0 aromatic carbocycles. The number of rotatable bonds is 0. The van der Waals surface area contributed by atoms with Crippen molar-refractivity contribution in [2.75, 3.05) is 0 Å². The minimum atomic E-state index is 0.778. The van der Waals surface area contributed by atoms with Crippen molar-refractivity contribution in [3.63, 3.8) is 0 Å². The fourth-order valence-electron chi connectivity index (χ4n) is 1.66. The molecule has 8 heavy (non-hydrogen) atoms. The maximum absolute atomic E-state index is 2.35. The van der Waals surface area contributed by atoms with Gasteiger partial charge in [0, 0.05) is 10.5 Å². The van der Waals surface area contributed by atoms with Gasteiger partial charge in [-0.25, -0.2) is 0 Å². The Balaban J connectivity index is 2.01. The van der Waals surface area contributed by atoms with Gasteiger partial charge in [0.05, 0.1) is 0 Å². The van der Waals surface area contributed by atoms with Crippen molar-refractivity contribution in [2.24, 2.45) is 0 Å². The van der Waals surface area contributed by atoms with Crippen LogP contribution in [0.2, 0.25) is 0 Å². The predicted molar refractivity (Wildman–Crippen MR) is 37.7 cm³/mol. The number of thioether (sulfide) groups is 1. The van der Waals surface area contributed by atoms with Crippen molar-refractivity contribution in [1.82, 2.24) is 0 Å². The van der Waals surface area contributed by atoms with Crippen LogP contribution in [0.5, 0.6) is 0 Å². The van der Waals surface area contributed by atoms with Crippen molar-refractivity contribution in [2.45, 2.75) is 36.9 Å². The van der Waals surface area contributed by atoms with Crippen LogP contribution in [-0.2, 0) is 0 Å². The third kappa shape index (κ3) is 0.604. The van der Waals surface area contributed by atoms with Gasteiger partial charge in [0.2, 0.25) is 0 Å². The van der Waals surface area contributed by atoms with Crippen molar-refractivity contribution in [1.29, 1.82) is 0 Å². The molecule has 0 aromatic rings. The molecule has 2 rings (SSSR count). The molecule has 1 spiro atoms. The molecule has 2 aliphatic rings. The van der Waals surface area contributed by atoms with Crippen LogP contribution >= 0.6 is 11.8 Å². The van der Waals surface area contributed by atoms with Gasteiger partial charge in [0.15, 0.2) is 0 Å². The lowest BCUT2D eigenvalue weighted by Gasteiger charge is -2.36. The second-order valence-electron chi connectivity index (χ2n) is 2.88. The summed E-state index contributed by atoms with van der Waals surface area (Å²) in [6, 6.07) is 0. The molecule has 0 bridgehead atoms. The molecule has 0 atom stereocenters. The van der Waals surface area contributed by atoms with Crippen LogP contribution in [0.1, 0.15) is 32.1 Å². The molecule has 1 aliphatic carbocycles. The van der Waals surface area contributed by atoms with Crippen molar-refractivity contribution in [3.8, 4) is 0 Å². The fourth-order valence-corrected chi connectivity index (χ4v) is 2.82. The summed E-state index contributed by atoms with van der Waals surface area (Å²) in [6.45, 7) is 0. The molecule has 1 saturated carbocycles. The molecule has 1 aliphatic heterocycles. The second-order valence-corrected chi connectivity index (χ2v) is 4.31. The van der Waals surface area contributed by atoms with Gasteiger partial charge < -0.3 is 0 Å². The summed E-state index contributed by atoms with van der Waals surface area (Å²) in [5.74, 6) is 2.35. The summed E-state index contributed by atoms with van der Waals surface area (Å²) in [7, 11) is 0. The third-order valence-electron chi connectivity index (χ3n) is 2.30. The molecular formula is C7H11S. The lowest BCUT2D eigenvalue weighted by atomic mass is 10.0. The average Bonchev–Trinajstić information content (AvgIpc) is 2.07. The summed E-state index contributed by atoms with van der Waals surface area (Å²) < 4.78 is 0.778. The van der Waals surface area contributed by atoms with Crippen molar-refractivity contribution < 1.29 is 0 Å². The number of hydrogen-bond acceptors (Lipinski definition) is 1. The molecule has 0 nitrogen and oxygen atoms in total. The summed E-state index contributed by atoms with van der Waals surface area (Å²) in [4.78, 5) is 0. The fraction of sp³-hybridized carbons (Fsp3) is 0.857. The number of hydrogen-bond donors (Lipinski definition) is 0. The molecule has 45 valence electrons. The smallest absolute Gasteiger partial charge is 0.0186 e. The predicted octanol–water partition coefficient (Wildman–Crippen LogP) is 2.60. The summed E-state index contributed by atoms with van der Waals surface area (Å²) >= 11 is 2.09. The summed E-state index contributed by atoms with van der Waals surface area (Å²) in [6.07, 6.45) is 7.36. The first-order valence-electron chi connectivity index (χ1n) is 3.41. The Hall–Kier alpha value is 0.350. The van der Waals surface area contributed by atoms with Gasteiger partial charge in [0.1, 0.15) is 0 Å². The highest BCUT2D eigenvalue weighted by molar-refractivity contribution is 8.04. The largest absolute Gasteiger partial charge is 0.150 e. The van der Waals surface area contributed by atoms with E-state index >= 15 is 0 Å². The molecule has 0 aromatic heterocycles. The van der Waals surface area contributed by atoms with Crippen LogP contribution in [-0.4, -0.2) is 4.75 Å². The molecule has 0 N–H and O–H groups in total. The highest BCUT2D eigenvalue weighted by atomic mass is 32.2. The van der Waals surface area contributed by atoms with E-state index in [1.807, 2.05) is 0 Å². The minimum Gasteiger partial charge on any atom is -0.150 e. The van der Waals surface area contributed by atoms with E-state index in [4.69, 9.17) is 0 Å². The van der Waals surface area contributed by atoms with E-state index in [-0.39, 0.29) is 0 Å². The van der Waals surface area contributed by atoms with Crippen LogP contribution in [0.3, 0.4) is 0 Å². The Bertz CT molecular complexity index is 86.6. The van der Waals surface area contributed by atoms with Crippen LogP contribution in [0, 0.1) is 5.75 Å². The Kier molecular flexibility index (Phi) is 1.07. The Morgan fingerprint density at radius 3 is 2.12 bits per heavy atom. The van der Waals surface area contributed by atoms with Gasteiger partial charge in [-0.2, -0.15) is 11.8 Å². The molecule has 1 radical (unpaired) electrons. The zero-order valence-electron chi connectivity index (χ0n) is 5.02. The van der Waals surface area contributed by atoms with Gasteiger partial charge in [-0.3, -0.25) is 0 Å². The van der Waals surface area contributed by atoms with Crippen LogP contribution in [0.25, 0.3) is 0 Å². The molecular weight excluding hydrogens is 116 g/mol. The van der Waals surface area contributed by atoms with E-state index < -0.39 is 0 Å². The van der Waals surface area contributed by atoms with Gasteiger partial charge in [0.25, 0.3) is 0 Å². The molecule has 0 unspecified atom stereocenters. The average molecular weight is 127 g/mol. The normalized spacial score (nSPS) is 33.0. The topological polar surface area (TPSA) is 0 Å². The zero-order chi connectivity index (χ0) is 5.45. The maximum Gasteiger partial charge on any atom is 0.0186 e. The standard InChI is InChI=1S/C7H11S/c1-2-4-7(3-1)5-6-8-7/h6H,1-5H2. The molecule has 0 amide bonds. The van der Waals surface area contributed by atoms with Gasteiger partial charge in [-0.15, -0.1) is 0 Å². The highest BCUT2D eigenvalue weighted by Gasteiger charge is 2.40. The van der Waals surface area contributed by atoms with E-state index in [1.54, 1.807) is 0 Å². The van der Waals surface area contributed by atoms with Crippen LogP contribution < -0.4 is 0 Å². The van der Waals surface area contributed by atoms with E-state index in [9.17, 15) is 0 Å². The zero-order valence-corrected chi connectivity index (χ0v) is 5.84. The van der Waals surface area contributed by atoms with Gasteiger partial charge in [-0.1, -0.05) is 12.8 Å². The molecule has 1 heteroatoms. The third-order valence-corrected chi connectivity index (χ3v) is 3.71. The molecule has 1 saturated heterocycles. The maximum atomic E-state index is 2.35. The van der Waals surface area contributed by atoms with Crippen LogP contribution in [0.4, 0.5) is 0 Å². The van der Waals surface area contributed by atoms with Crippen molar-refractivity contribution in [3.05, 3.63) is 5.75 Å². The molecule has 2 fully saturated rings. The summed E-state index contributed by atoms with van der Waals surface area (Å²) in [5, 5.41) is 0. The Morgan fingerprint density at radius 1 is 1.25 bits per heavy atom. The van der Waals surface area contributed by atoms with E-state index in [2.05, 4.69) is 17.5 Å². The Morgan fingerprint density at radius 2 is 1.88 bits per heavy atom. The van der Waals surface area contributed by atoms with E-state index in [0.717, 1.165) is 4.75 Å².